The van der Waals surface area contributed by atoms with Crippen molar-refractivity contribution in [3.63, 3.8) is 0 Å². The number of rotatable bonds is 3. The van der Waals surface area contributed by atoms with Gasteiger partial charge in [0.2, 0.25) is 0 Å². The molecule has 0 spiro atoms. The molecule has 0 aliphatic heterocycles. The highest BCUT2D eigenvalue weighted by atomic mass is 32.2. The van der Waals surface area contributed by atoms with Crippen molar-refractivity contribution in [2.45, 2.75) is 0 Å². The Bertz CT molecular complexity index is 603. The van der Waals surface area contributed by atoms with Crippen LogP contribution in [0.25, 0.3) is 10.9 Å². The van der Waals surface area contributed by atoms with Crippen molar-refractivity contribution in [2.24, 2.45) is 15.9 Å². The molecule has 0 saturated carbocycles. The average molecular weight is 262 g/mol. The lowest BCUT2D eigenvalue weighted by Gasteiger charge is -1.99. The molecule has 1 aromatic heterocycles. The zero-order valence-electron chi connectivity index (χ0n) is 10.2. The first-order chi connectivity index (χ1) is 8.74. The number of thioether (sulfide) groups is 1. The molecular weight excluding hydrogens is 248 g/mol. The molecule has 1 heterocycles. The molecule has 94 valence electrons. The van der Waals surface area contributed by atoms with E-state index in [1.54, 1.807) is 13.3 Å². The van der Waals surface area contributed by atoms with Gasteiger partial charge < -0.3 is 15.5 Å². The number of nitrogens with two attached hydrogens (primary N) is 1. The first-order valence-electron chi connectivity index (χ1n) is 5.30. The molecule has 2 aromatic rings. The fourth-order valence-corrected chi connectivity index (χ4v) is 1.67. The lowest BCUT2D eigenvalue weighted by molar-refractivity contribution is 0.415. The Morgan fingerprint density at radius 3 is 3.06 bits per heavy atom. The summed E-state index contributed by atoms with van der Waals surface area (Å²) in [5, 5.41) is 9.27. The van der Waals surface area contributed by atoms with Gasteiger partial charge in [0.1, 0.15) is 5.75 Å². The van der Waals surface area contributed by atoms with Crippen molar-refractivity contribution in [1.29, 1.82) is 0 Å². The Morgan fingerprint density at radius 2 is 2.33 bits per heavy atom. The molecule has 6 heteroatoms. The minimum absolute atomic E-state index is 0.434. The molecule has 5 nitrogen and oxygen atoms in total. The van der Waals surface area contributed by atoms with Crippen LogP contribution in [-0.4, -0.2) is 29.7 Å². The van der Waals surface area contributed by atoms with Crippen LogP contribution in [0.1, 0.15) is 5.56 Å². The van der Waals surface area contributed by atoms with E-state index in [1.807, 2.05) is 30.7 Å². The van der Waals surface area contributed by atoms with Crippen LogP contribution in [0, 0.1) is 0 Å². The summed E-state index contributed by atoms with van der Waals surface area (Å²) in [6.45, 7) is 0. The van der Waals surface area contributed by atoms with Crippen molar-refractivity contribution < 1.29 is 4.74 Å². The number of nitrogens with zero attached hydrogens (tertiary/aromatic N) is 2. The third-order valence-corrected chi connectivity index (χ3v) is 2.98. The Kier molecular flexibility index (Phi) is 3.88. The number of aromatic nitrogens is 1. The van der Waals surface area contributed by atoms with Gasteiger partial charge in [0.25, 0.3) is 0 Å². The molecule has 18 heavy (non-hydrogen) atoms. The van der Waals surface area contributed by atoms with E-state index in [4.69, 9.17) is 10.5 Å². The quantitative estimate of drug-likeness (QED) is 0.506. The first kappa shape index (κ1) is 12.5. The molecule has 0 aliphatic carbocycles. The number of hydrogen-bond donors (Lipinski definition) is 2. The van der Waals surface area contributed by atoms with Gasteiger partial charge in [0.15, 0.2) is 5.17 Å². The lowest BCUT2D eigenvalue weighted by atomic mass is 10.2. The van der Waals surface area contributed by atoms with E-state index >= 15 is 0 Å². The molecule has 0 saturated heterocycles. The normalized spacial score (nSPS) is 12.4. The number of benzene rings is 1. The number of amidine groups is 1. The van der Waals surface area contributed by atoms with Crippen LogP contribution in [0.15, 0.2) is 34.6 Å². The van der Waals surface area contributed by atoms with Gasteiger partial charge in [-0.3, -0.25) is 0 Å². The van der Waals surface area contributed by atoms with Gasteiger partial charge in [-0.15, -0.1) is 5.10 Å². The molecule has 0 unspecified atom stereocenters. The Labute approximate surface area is 109 Å². The summed E-state index contributed by atoms with van der Waals surface area (Å²) in [5.41, 5.74) is 7.51. The molecule has 0 amide bonds. The number of hydrogen-bond acceptors (Lipinski definition) is 4. The summed E-state index contributed by atoms with van der Waals surface area (Å²) >= 11 is 1.36. The van der Waals surface area contributed by atoms with Crippen LogP contribution < -0.4 is 10.5 Å². The van der Waals surface area contributed by atoms with Gasteiger partial charge >= 0.3 is 0 Å². The summed E-state index contributed by atoms with van der Waals surface area (Å²) in [5.74, 6) is 0.809. The van der Waals surface area contributed by atoms with Crippen LogP contribution in [0.5, 0.6) is 5.75 Å². The largest absolute Gasteiger partial charge is 0.497 e. The van der Waals surface area contributed by atoms with Crippen LogP contribution in [-0.2, 0) is 0 Å². The lowest BCUT2D eigenvalue weighted by Crippen LogP contribution is -2.03. The number of nitrogens with one attached hydrogen (secondary N) is 1. The van der Waals surface area contributed by atoms with Gasteiger partial charge in [-0.05, 0) is 24.5 Å². The summed E-state index contributed by atoms with van der Waals surface area (Å²) < 4.78 is 5.20. The highest BCUT2D eigenvalue weighted by Crippen LogP contribution is 2.22. The fourth-order valence-electron chi connectivity index (χ4n) is 1.54. The van der Waals surface area contributed by atoms with Gasteiger partial charge in [0, 0.05) is 22.7 Å². The number of ether oxygens (including phenoxy) is 1. The smallest absolute Gasteiger partial charge is 0.180 e. The molecule has 2 rings (SSSR count). The summed E-state index contributed by atoms with van der Waals surface area (Å²) in [6.07, 6.45) is 5.39. The van der Waals surface area contributed by atoms with Crippen molar-refractivity contribution in [2.75, 3.05) is 13.4 Å². The van der Waals surface area contributed by atoms with Gasteiger partial charge in [-0.1, -0.05) is 11.8 Å². The average Bonchev–Trinajstić information content (AvgIpc) is 2.81. The summed E-state index contributed by atoms with van der Waals surface area (Å²) in [6, 6.07) is 5.82. The van der Waals surface area contributed by atoms with E-state index in [1.165, 1.54) is 11.8 Å². The van der Waals surface area contributed by atoms with E-state index in [2.05, 4.69) is 15.2 Å². The zero-order chi connectivity index (χ0) is 13.0. The van der Waals surface area contributed by atoms with Gasteiger partial charge in [0.05, 0.1) is 13.3 Å². The second-order valence-corrected chi connectivity index (χ2v) is 4.37. The van der Waals surface area contributed by atoms with Crippen LogP contribution in [0.4, 0.5) is 0 Å². The number of H-pyrrole nitrogens is 1. The highest BCUT2D eigenvalue weighted by Gasteiger charge is 2.02. The third-order valence-electron chi connectivity index (χ3n) is 2.48. The Hall–Kier alpha value is -1.95. The number of aromatic amines is 1. The SMILES string of the molecule is COc1ccc2[nH]cc(C=NN=C(N)SC)c2c1. The van der Waals surface area contributed by atoms with Crippen molar-refractivity contribution in [3.8, 4) is 5.75 Å². The third kappa shape index (κ3) is 2.65. The van der Waals surface area contributed by atoms with E-state index in [0.717, 1.165) is 22.2 Å². The van der Waals surface area contributed by atoms with E-state index < -0.39 is 0 Å². The first-order valence-corrected chi connectivity index (χ1v) is 6.52. The van der Waals surface area contributed by atoms with Crippen molar-refractivity contribution >= 4 is 34.0 Å². The monoisotopic (exact) mass is 262 g/mol. The Morgan fingerprint density at radius 1 is 1.50 bits per heavy atom. The molecule has 3 N–H and O–H groups in total. The van der Waals surface area contributed by atoms with Gasteiger partial charge in [-0.2, -0.15) is 5.10 Å². The van der Waals surface area contributed by atoms with Crippen LogP contribution in [0.3, 0.4) is 0 Å². The molecule has 0 radical (unpaired) electrons. The van der Waals surface area contributed by atoms with Crippen molar-refractivity contribution in [3.05, 3.63) is 30.0 Å². The second-order valence-electron chi connectivity index (χ2n) is 3.54. The highest BCUT2D eigenvalue weighted by molar-refractivity contribution is 8.13. The molecule has 0 aliphatic rings. The van der Waals surface area contributed by atoms with Gasteiger partial charge in [-0.25, -0.2) is 0 Å². The summed E-state index contributed by atoms with van der Waals surface area (Å²) in [7, 11) is 1.64. The van der Waals surface area contributed by atoms with Crippen LogP contribution >= 0.6 is 11.8 Å². The predicted molar refractivity (Wildman–Crippen MR) is 77.6 cm³/mol. The summed E-state index contributed by atoms with van der Waals surface area (Å²) in [4.78, 5) is 3.16. The molecule has 0 fully saturated rings. The van der Waals surface area contributed by atoms with Crippen LogP contribution in [0.2, 0.25) is 0 Å². The van der Waals surface area contributed by atoms with E-state index in [-0.39, 0.29) is 0 Å². The second kappa shape index (κ2) is 5.59. The maximum atomic E-state index is 5.54. The molecule has 0 bridgehead atoms. The minimum atomic E-state index is 0.434. The fraction of sp³-hybridized carbons (Fsp3) is 0.167. The van der Waals surface area contributed by atoms with E-state index in [9.17, 15) is 0 Å². The predicted octanol–water partition coefficient (Wildman–Crippen LogP) is 2.19. The molecule has 0 atom stereocenters. The minimum Gasteiger partial charge on any atom is -0.497 e. The number of methoxy groups -OCH3 is 1. The van der Waals surface area contributed by atoms with E-state index in [0.29, 0.717) is 5.17 Å². The number of fused-ring (bicyclic) bond motifs is 1. The Balaban J connectivity index is 2.33. The topological polar surface area (TPSA) is 75.8 Å². The molecular formula is C12H14N4OS. The molecule has 1 aromatic carbocycles. The zero-order valence-corrected chi connectivity index (χ0v) is 11.0. The maximum Gasteiger partial charge on any atom is 0.180 e. The maximum absolute atomic E-state index is 5.54. The van der Waals surface area contributed by atoms with Crippen molar-refractivity contribution in [1.82, 2.24) is 4.98 Å². The standard InChI is InChI=1S/C12H14N4OS/c1-17-9-3-4-11-10(5-9)8(6-14-11)7-15-16-12(13)18-2/h3-7,14H,1-2H3,(H2,13,16).